The van der Waals surface area contributed by atoms with Crippen molar-refractivity contribution in [3.05, 3.63) is 12.2 Å². The second kappa shape index (κ2) is 10.3. The average molecular weight is 208 g/mol. The third-order valence-electron chi connectivity index (χ3n) is 3.41. The Labute approximate surface area is 96.2 Å². The Morgan fingerprint density at radius 1 is 0.333 bits per heavy atom. The van der Waals surface area contributed by atoms with Crippen LogP contribution in [0.5, 0.6) is 0 Å². The molecule has 0 aromatic heterocycles. The first-order valence-electron chi connectivity index (χ1n) is 7.15. The highest BCUT2D eigenvalue weighted by Crippen LogP contribution is 2.13. The fraction of sp³-hybridized carbons (Fsp3) is 0.867. The predicted molar refractivity (Wildman–Crippen MR) is 69.2 cm³/mol. The van der Waals surface area contributed by atoms with Crippen molar-refractivity contribution in [1.29, 1.82) is 0 Å². The minimum atomic E-state index is 1.32. The molecule has 0 nitrogen and oxygen atoms in total. The van der Waals surface area contributed by atoms with Crippen molar-refractivity contribution in [2.24, 2.45) is 0 Å². The molecule has 0 bridgehead atoms. The smallest absolute Gasteiger partial charge is 0.0351 e. The number of hydrogen-bond donors (Lipinski definition) is 0. The molecule has 0 amide bonds. The van der Waals surface area contributed by atoms with Gasteiger partial charge in [0.2, 0.25) is 0 Å². The molecule has 0 aromatic rings. The van der Waals surface area contributed by atoms with E-state index in [0.717, 1.165) is 0 Å². The molecular formula is C15H28. The average Bonchev–Trinajstić information content (AvgIpc) is 2.27. The van der Waals surface area contributed by atoms with Crippen molar-refractivity contribution < 1.29 is 0 Å². The lowest BCUT2D eigenvalue weighted by atomic mass is 10.1. The van der Waals surface area contributed by atoms with E-state index < -0.39 is 0 Å². The molecule has 0 spiro atoms. The van der Waals surface area contributed by atoms with Crippen LogP contribution in [0.15, 0.2) is 12.2 Å². The maximum Gasteiger partial charge on any atom is -0.0351 e. The molecule has 0 saturated carbocycles. The van der Waals surface area contributed by atoms with Crippen molar-refractivity contribution in [3.8, 4) is 0 Å². The molecule has 15 heavy (non-hydrogen) atoms. The quantitative estimate of drug-likeness (QED) is 0.453. The van der Waals surface area contributed by atoms with Gasteiger partial charge in [0.15, 0.2) is 0 Å². The van der Waals surface area contributed by atoms with Crippen LogP contribution in [-0.4, -0.2) is 0 Å². The minimum Gasteiger partial charge on any atom is -0.0885 e. The van der Waals surface area contributed by atoms with Crippen molar-refractivity contribution in [1.82, 2.24) is 0 Å². The van der Waals surface area contributed by atoms with Gasteiger partial charge in [-0.1, -0.05) is 69.9 Å². The standard InChI is InChI=1S/C15H28/c1-2-4-6-8-10-12-14-15-13-11-9-7-5-3-1/h1-2H,3-15H2/b2-1-. The molecule has 0 N–H and O–H groups in total. The molecule has 1 aliphatic rings. The zero-order chi connectivity index (χ0) is 10.6. The summed E-state index contributed by atoms with van der Waals surface area (Å²) in [5, 5.41) is 0. The van der Waals surface area contributed by atoms with Crippen LogP contribution in [0.25, 0.3) is 0 Å². The first kappa shape index (κ1) is 12.8. The van der Waals surface area contributed by atoms with E-state index >= 15 is 0 Å². The molecule has 0 aromatic carbocycles. The zero-order valence-electron chi connectivity index (χ0n) is 10.3. The van der Waals surface area contributed by atoms with Gasteiger partial charge in [0.1, 0.15) is 0 Å². The third kappa shape index (κ3) is 8.72. The molecule has 0 unspecified atom stereocenters. The Balaban J connectivity index is 2.08. The summed E-state index contributed by atoms with van der Waals surface area (Å²) in [6.07, 6.45) is 23.5. The monoisotopic (exact) mass is 208 g/mol. The highest BCUT2D eigenvalue weighted by atomic mass is 14.0. The van der Waals surface area contributed by atoms with Crippen LogP contribution in [0.4, 0.5) is 0 Å². The van der Waals surface area contributed by atoms with Gasteiger partial charge >= 0.3 is 0 Å². The third-order valence-corrected chi connectivity index (χ3v) is 3.41. The number of allylic oxidation sites excluding steroid dienone is 2. The molecule has 88 valence electrons. The lowest BCUT2D eigenvalue weighted by Crippen LogP contribution is -1.81. The maximum atomic E-state index is 2.40. The van der Waals surface area contributed by atoms with Gasteiger partial charge in [0.05, 0.1) is 0 Å². The normalized spacial score (nSPS) is 25.1. The second-order valence-electron chi connectivity index (χ2n) is 4.94. The topological polar surface area (TPSA) is 0 Å². The summed E-state index contributed by atoms with van der Waals surface area (Å²) in [4.78, 5) is 0. The fourth-order valence-corrected chi connectivity index (χ4v) is 2.35. The van der Waals surface area contributed by atoms with E-state index in [-0.39, 0.29) is 0 Å². The maximum absolute atomic E-state index is 2.40. The van der Waals surface area contributed by atoms with E-state index in [2.05, 4.69) is 12.2 Å². The molecule has 0 heteroatoms. The molecule has 0 radical (unpaired) electrons. The Morgan fingerprint density at radius 3 is 0.933 bits per heavy atom. The van der Waals surface area contributed by atoms with Crippen molar-refractivity contribution in [3.63, 3.8) is 0 Å². The van der Waals surface area contributed by atoms with E-state index in [0.29, 0.717) is 0 Å². The van der Waals surface area contributed by atoms with E-state index in [1.807, 2.05) is 0 Å². The van der Waals surface area contributed by atoms with Gasteiger partial charge in [0, 0.05) is 0 Å². The summed E-state index contributed by atoms with van der Waals surface area (Å²) in [7, 11) is 0. The van der Waals surface area contributed by atoms with Crippen molar-refractivity contribution in [2.75, 3.05) is 0 Å². The molecule has 0 saturated heterocycles. The number of hydrogen-bond acceptors (Lipinski definition) is 0. The lowest BCUT2D eigenvalue weighted by molar-refractivity contribution is 0.549. The highest BCUT2D eigenvalue weighted by Gasteiger charge is 1.93. The second-order valence-corrected chi connectivity index (χ2v) is 4.94. The van der Waals surface area contributed by atoms with Crippen LogP contribution in [0.1, 0.15) is 83.5 Å². The van der Waals surface area contributed by atoms with Gasteiger partial charge in [-0.25, -0.2) is 0 Å². The van der Waals surface area contributed by atoms with E-state index in [1.165, 1.54) is 83.5 Å². The van der Waals surface area contributed by atoms with Crippen molar-refractivity contribution >= 4 is 0 Å². The minimum absolute atomic E-state index is 1.32. The van der Waals surface area contributed by atoms with Gasteiger partial charge in [-0.2, -0.15) is 0 Å². The molecule has 1 aliphatic carbocycles. The summed E-state index contributed by atoms with van der Waals surface area (Å²) in [6.45, 7) is 0. The summed E-state index contributed by atoms with van der Waals surface area (Å²) in [5.41, 5.74) is 0. The molecule has 0 aliphatic heterocycles. The van der Waals surface area contributed by atoms with E-state index in [1.54, 1.807) is 0 Å². The van der Waals surface area contributed by atoms with Gasteiger partial charge in [-0.05, 0) is 25.7 Å². The molecular weight excluding hydrogens is 180 g/mol. The summed E-state index contributed by atoms with van der Waals surface area (Å²) >= 11 is 0. The summed E-state index contributed by atoms with van der Waals surface area (Å²) in [6, 6.07) is 0. The Morgan fingerprint density at radius 2 is 0.600 bits per heavy atom. The largest absolute Gasteiger partial charge is 0.0885 e. The van der Waals surface area contributed by atoms with Crippen LogP contribution in [0.2, 0.25) is 0 Å². The Bertz CT molecular complexity index is 130. The Hall–Kier alpha value is -0.260. The van der Waals surface area contributed by atoms with Crippen LogP contribution >= 0.6 is 0 Å². The summed E-state index contributed by atoms with van der Waals surface area (Å²) in [5.74, 6) is 0. The first-order chi connectivity index (χ1) is 7.50. The van der Waals surface area contributed by atoms with Gasteiger partial charge in [0.25, 0.3) is 0 Å². The zero-order valence-corrected chi connectivity index (χ0v) is 10.3. The molecule has 0 atom stereocenters. The van der Waals surface area contributed by atoms with Crippen LogP contribution < -0.4 is 0 Å². The lowest BCUT2D eigenvalue weighted by Gasteiger charge is -2.01. The number of rotatable bonds is 0. The molecule has 1 rings (SSSR count). The van der Waals surface area contributed by atoms with Gasteiger partial charge in [-0.3, -0.25) is 0 Å². The Kier molecular flexibility index (Phi) is 8.76. The van der Waals surface area contributed by atoms with Gasteiger partial charge < -0.3 is 0 Å². The van der Waals surface area contributed by atoms with Crippen LogP contribution in [-0.2, 0) is 0 Å². The van der Waals surface area contributed by atoms with Crippen molar-refractivity contribution in [2.45, 2.75) is 83.5 Å². The SMILES string of the molecule is C1=C\CCCCCCCCCCCCC/1. The van der Waals surface area contributed by atoms with Crippen LogP contribution in [0.3, 0.4) is 0 Å². The van der Waals surface area contributed by atoms with E-state index in [4.69, 9.17) is 0 Å². The van der Waals surface area contributed by atoms with E-state index in [9.17, 15) is 0 Å². The fourth-order valence-electron chi connectivity index (χ4n) is 2.35. The highest BCUT2D eigenvalue weighted by molar-refractivity contribution is 4.81. The predicted octanol–water partition coefficient (Wildman–Crippen LogP) is 5.63. The molecule has 0 heterocycles. The van der Waals surface area contributed by atoms with Crippen LogP contribution in [0, 0.1) is 0 Å². The molecule has 0 fully saturated rings. The summed E-state index contributed by atoms with van der Waals surface area (Å²) < 4.78 is 0. The van der Waals surface area contributed by atoms with Gasteiger partial charge in [-0.15, -0.1) is 0 Å². The first-order valence-corrected chi connectivity index (χ1v) is 7.15.